The molecular weight excluding hydrogens is 469 g/mol. The summed E-state index contributed by atoms with van der Waals surface area (Å²) < 4.78 is 71.2. The molecule has 0 atom stereocenters. The van der Waals surface area contributed by atoms with Crippen molar-refractivity contribution in [3.63, 3.8) is 0 Å². The van der Waals surface area contributed by atoms with Crippen LogP contribution in [-0.4, -0.2) is 21.4 Å². The van der Waals surface area contributed by atoms with Gasteiger partial charge in [0.05, 0.1) is 28.2 Å². The average Bonchev–Trinajstić information content (AvgIpc) is 2.73. The molecule has 0 saturated heterocycles. The Hall–Kier alpha value is -3.24. The monoisotopic (exact) mass is 484 g/mol. The van der Waals surface area contributed by atoms with Gasteiger partial charge in [-0.3, -0.25) is 9.52 Å². The molecule has 2 N–H and O–H groups in total. The van der Waals surface area contributed by atoms with Crippen LogP contribution in [0.5, 0.6) is 5.75 Å². The fourth-order valence-electron chi connectivity index (χ4n) is 2.69. The highest BCUT2D eigenvalue weighted by Crippen LogP contribution is 2.31. The maximum absolute atomic E-state index is 12.9. The van der Waals surface area contributed by atoms with Gasteiger partial charge in [0.15, 0.2) is 0 Å². The van der Waals surface area contributed by atoms with E-state index in [1.165, 1.54) is 19.2 Å². The van der Waals surface area contributed by atoms with E-state index < -0.39 is 27.7 Å². The van der Waals surface area contributed by atoms with E-state index in [0.717, 1.165) is 24.3 Å². The molecule has 3 aromatic carbocycles. The number of sulfonamides is 1. The van der Waals surface area contributed by atoms with Crippen LogP contribution >= 0.6 is 11.6 Å². The van der Waals surface area contributed by atoms with Gasteiger partial charge in [0, 0.05) is 11.4 Å². The van der Waals surface area contributed by atoms with E-state index in [0.29, 0.717) is 17.5 Å². The van der Waals surface area contributed by atoms with E-state index in [9.17, 15) is 26.4 Å². The zero-order valence-corrected chi connectivity index (χ0v) is 18.0. The minimum absolute atomic E-state index is 0.00553. The lowest BCUT2D eigenvalue weighted by atomic mass is 10.2. The Labute approximate surface area is 187 Å². The zero-order valence-electron chi connectivity index (χ0n) is 16.4. The number of hydrogen-bond donors (Lipinski definition) is 2. The molecule has 32 heavy (non-hydrogen) atoms. The third kappa shape index (κ3) is 5.51. The largest absolute Gasteiger partial charge is 0.497 e. The third-order valence-electron chi connectivity index (χ3n) is 4.28. The number of anilines is 2. The Morgan fingerprint density at radius 1 is 0.969 bits per heavy atom. The van der Waals surface area contributed by atoms with Crippen molar-refractivity contribution in [1.29, 1.82) is 0 Å². The molecule has 3 rings (SSSR count). The minimum Gasteiger partial charge on any atom is -0.497 e. The molecular formula is C21H16ClF3N2O4S. The first-order valence-electron chi connectivity index (χ1n) is 8.94. The summed E-state index contributed by atoms with van der Waals surface area (Å²) in [5.41, 5.74) is -0.996. The van der Waals surface area contributed by atoms with Crippen molar-refractivity contribution in [2.75, 3.05) is 17.1 Å². The van der Waals surface area contributed by atoms with Gasteiger partial charge in [0.2, 0.25) is 0 Å². The highest BCUT2D eigenvalue weighted by atomic mass is 35.5. The molecule has 0 heterocycles. The Morgan fingerprint density at radius 2 is 1.66 bits per heavy atom. The van der Waals surface area contributed by atoms with Gasteiger partial charge in [-0.25, -0.2) is 8.42 Å². The molecule has 0 aliphatic heterocycles. The predicted octanol–water partition coefficient (Wildman–Crippen LogP) is 5.42. The van der Waals surface area contributed by atoms with Crippen LogP contribution in [0.3, 0.4) is 0 Å². The van der Waals surface area contributed by atoms with Crippen molar-refractivity contribution in [3.8, 4) is 5.75 Å². The molecule has 1 amide bonds. The number of hydrogen-bond acceptors (Lipinski definition) is 4. The van der Waals surface area contributed by atoms with E-state index in [4.69, 9.17) is 16.3 Å². The molecule has 6 nitrogen and oxygen atoms in total. The molecule has 0 spiro atoms. The summed E-state index contributed by atoms with van der Waals surface area (Å²) >= 11 is 6.07. The first kappa shape index (κ1) is 23.4. The van der Waals surface area contributed by atoms with Crippen molar-refractivity contribution in [1.82, 2.24) is 0 Å². The van der Waals surface area contributed by atoms with E-state index in [1.54, 1.807) is 24.3 Å². The normalized spacial score (nSPS) is 11.7. The molecule has 0 unspecified atom stereocenters. The summed E-state index contributed by atoms with van der Waals surface area (Å²) in [7, 11) is -2.81. The summed E-state index contributed by atoms with van der Waals surface area (Å²) in [6.07, 6.45) is -4.63. The van der Waals surface area contributed by atoms with Crippen LogP contribution in [0.4, 0.5) is 24.5 Å². The zero-order chi connectivity index (χ0) is 23.5. The summed E-state index contributed by atoms with van der Waals surface area (Å²) in [5, 5.41) is 2.58. The second-order valence-electron chi connectivity index (χ2n) is 6.51. The van der Waals surface area contributed by atoms with Crippen LogP contribution in [-0.2, 0) is 16.2 Å². The highest BCUT2D eigenvalue weighted by Gasteiger charge is 2.31. The van der Waals surface area contributed by atoms with Gasteiger partial charge < -0.3 is 10.1 Å². The fraction of sp³-hybridized carbons (Fsp3) is 0.0952. The molecule has 0 aliphatic rings. The van der Waals surface area contributed by atoms with E-state index in [-0.39, 0.29) is 21.2 Å². The number of ether oxygens (including phenoxy) is 1. The summed E-state index contributed by atoms with van der Waals surface area (Å²) in [5.74, 6) is -0.0916. The quantitative estimate of drug-likeness (QED) is 0.489. The van der Waals surface area contributed by atoms with Crippen LogP contribution < -0.4 is 14.8 Å². The van der Waals surface area contributed by atoms with Gasteiger partial charge in [-0.15, -0.1) is 0 Å². The molecule has 0 aliphatic carbocycles. The molecule has 168 valence electrons. The number of amides is 1. The predicted molar refractivity (Wildman–Crippen MR) is 115 cm³/mol. The standard InChI is InChI=1S/C21H16ClF3N2O4S/c1-31-16-7-5-14(6-8-16)26-20(28)18-12-17(9-10-19(18)22)32(29,30)27-15-4-2-3-13(11-15)21(23,24)25/h2-12,27H,1H3,(H,26,28). The van der Waals surface area contributed by atoms with E-state index in [1.807, 2.05) is 0 Å². The number of nitrogens with one attached hydrogen (secondary N) is 2. The summed E-state index contributed by atoms with van der Waals surface area (Å²) in [6.45, 7) is 0. The van der Waals surface area contributed by atoms with Crippen LogP contribution in [0.1, 0.15) is 15.9 Å². The van der Waals surface area contributed by atoms with Crippen LogP contribution in [0, 0.1) is 0 Å². The number of halogens is 4. The Kier molecular flexibility index (Phi) is 6.65. The van der Waals surface area contributed by atoms with Gasteiger partial charge in [-0.2, -0.15) is 13.2 Å². The number of benzene rings is 3. The molecule has 0 bridgehead atoms. The lowest BCUT2D eigenvalue weighted by Crippen LogP contribution is -2.17. The van der Waals surface area contributed by atoms with Crippen molar-refractivity contribution in [3.05, 3.63) is 82.9 Å². The summed E-state index contributed by atoms with van der Waals surface area (Å²) in [4.78, 5) is 12.3. The molecule has 11 heteroatoms. The maximum Gasteiger partial charge on any atom is 0.416 e. The molecule has 0 saturated carbocycles. The third-order valence-corrected chi connectivity index (χ3v) is 5.99. The van der Waals surface area contributed by atoms with Crippen LogP contribution in [0.15, 0.2) is 71.6 Å². The van der Waals surface area contributed by atoms with E-state index in [2.05, 4.69) is 10.0 Å². The molecule has 0 radical (unpaired) electrons. The van der Waals surface area contributed by atoms with Crippen LogP contribution in [0.25, 0.3) is 0 Å². The van der Waals surface area contributed by atoms with Crippen molar-refractivity contribution < 1.29 is 31.1 Å². The van der Waals surface area contributed by atoms with Crippen molar-refractivity contribution in [2.45, 2.75) is 11.1 Å². The number of methoxy groups -OCH3 is 1. The lowest BCUT2D eigenvalue weighted by molar-refractivity contribution is -0.137. The van der Waals surface area contributed by atoms with E-state index >= 15 is 0 Å². The van der Waals surface area contributed by atoms with Gasteiger partial charge in [-0.05, 0) is 60.7 Å². The van der Waals surface area contributed by atoms with Crippen LogP contribution in [0.2, 0.25) is 5.02 Å². The number of alkyl halides is 3. The smallest absolute Gasteiger partial charge is 0.416 e. The Bertz CT molecular complexity index is 1250. The molecule has 0 fully saturated rings. The van der Waals surface area contributed by atoms with Gasteiger partial charge in [-0.1, -0.05) is 17.7 Å². The number of carbonyl (C=O) groups is 1. The van der Waals surface area contributed by atoms with Gasteiger partial charge in [0.25, 0.3) is 15.9 Å². The number of carbonyl (C=O) groups excluding carboxylic acids is 1. The first-order chi connectivity index (χ1) is 15.0. The van der Waals surface area contributed by atoms with Crippen molar-refractivity contribution in [2.24, 2.45) is 0 Å². The summed E-state index contributed by atoms with van der Waals surface area (Å²) in [6, 6.07) is 13.6. The average molecular weight is 485 g/mol. The first-order valence-corrected chi connectivity index (χ1v) is 10.8. The number of rotatable bonds is 6. The Balaban J connectivity index is 1.85. The SMILES string of the molecule is COc1ccc(NC(=O)c2cc(S(=O)(=O)Nc3cccc(C(F)(F)F)c3)ccc2Cl)cc1. The second-order valence-corrected chi connectivity index (χ2v) is 8.60. The topological polar surface area (TPSA) is 84.5 Å². The Morgan fingerprint density at radius 3 is 2.28 bits per heavy atom. The second kappa shape index (κ2) is 9.09. The maximum atomic E-state index is 12.9. The van der Waals surface area contributed by atoms with Gasteiger partial charge in [0.1, 0.15) is 5.75 Å². The lowest BCUT2D eigenvalue weighted by Gasteiger charge is -2.13. The fourth-order valence-corrected chi connectivity index (χ4v) is 3.97. The molecule has 3 aromatic rings. The van der Waals surface area contributed by atoms with Crippen molar-refractivity contribution >= 4 is 38.9 Å². The van der Waals surface area contributed by atoms with Gasteiger partial charge >= 0.3 is 6.18 Å². The highest BCUT2D eigenvalue weighted by molar-refractivity contribution is 7.92. The molecule has 0 aromatic heterocycles. The minimum atomic E-state index is -4.63.